The quantitative estimate of drug-likeness (QED) is 0.772. The maximum Gasteiger partial charge on any atom is 0.278 e. The second kappa shape index (κ2) is 7.10. The van der Waals surface area contributed by atoms with Gasteiger partial charge < -0.3 is 10.5 Å². The van der Waals surface area contributed by atoms with Crippen LogP contribution in [-0.4, -0.2) is 28.1 Å². The smallest absolute Gasteiger partial charge is 0.278 e. The molecule has 0 spiro atoms. The van der Waals surface area contributed by atoms with Crippen LogP contribution in [0.3, 0.4) is 0 Å². The summed E-state index contributed by atoms with van der Waals surface area (Å²) in [6, 6.07) is 15.6. The fourth-order valence-electron chi connectivity index (χ4n) is 2.06. The summed E-state index contributed by atoms with van der Waals surface area (Å²) < 4.78 is 6.76. The van der Waals surface area contributed by atoms with Gasteiger partial charge in [-0.2, -0.15) is 9.06 Å². The highest BCUT2D eigenvalue weighted by Crippen LogP contribution is 2.15. The zero-order valence-corrected chi connectivity index (χ0v) is 14.1. The number of aromatic nitrogens is 2. The Balaban J connectivity index is 2.04. The summed E-state index contributed by atoms with van der Waals surface area (Å²) in [7, 11) is 1.57. The molecule has 2 aromatic carbocycles. The minimum Gasteiger partial charge on any atom is -0.497 e. The van der Waals surface area contributed by atoms with E-state index in [1.54, 1.807) is 61.7 Å². The van der Waals surface area contributed by atoms with Crippen LogP contribution < -0.4 is 15.1 Å². The average molecular weight is 354 g/mol. The number of hydrogen-bond donors (Lipinski definition) is 1. The van der Waals surface area contributed by atoms with Crippen LogP contribution in [0.2, 0.25) is 0 Å². The third-order valence-electron chi connectivity index (χ3n) is 3.32. The lowest BCUT2D eigenvalue weighted by Crippen LogP contribution is -2.20. The van der Waals surface area contributed by atoms with Crippen molar-refractivity contribution in [3.05, 3.63) is 70.5 Å². The van der Waals surface area contributed by atoms with Gasteiger partial charge >= 0.3 is 0 Å². The van der Waals surface area contributed by atoms with Crippen LogP contribution >= 0.6 is 11.5 Å². The maximum atomic E-state index is 12.3. The van der Waals surface area contributed by atoms with Crippen molar-refractivity contribution < 1.29 is 14.3 Å². The first kappa shape index (κ1) is 16.6. The Morgan fingerprint density at radius 1 is 1.12 bits per heavy atom. The van der Waals surface area contributed by atoms with Gasteiger partial charge in [-0.05, 0) is 47.9 Å². The molecule has 2 amide bonds. The van der Waals surface area contributed by atoms with Crippen molar-refractivity contribution in [2.45, 2.75) is 0 Å². The third kappa shape index (κ3) is 3.64. The summed E-state index contributed by atoms with van der Waals surface area (Å²) in [5.41, 5.74) is 6.43. The Morgan fingerprint density at radius 3 is 2.40 bits per heavy atom. The molecule has 0 aliphatic carbocycles. The Hall–Kier alpha value is -3.26. The number of amides is 2. The van der Waals surface area contributed by atoms with E-state index in [1.807, 2.05) is 0 Å². The van der Waals surface area contributed by atoms with E-state index >= 15 is 0 Å². The van der Waals surface area contributed by atoms with E-state index in [4.69, 9.17) is 10.5 Å². The molecule has 3 aromatic rings. The second-order valence-corrected chi connectivity index (χ2v) is 5.88. The van der Waals surface area contributed by atoms with Crippen molar-refractivity contribution in [2.75, 3.05) is 7.11 Å². The molecule has 0 fully saturated rings. The normalized spacial score (nSPS) is 11.3. The molecule has 8 heteroatoms. The minimum atomic E-state index is -0.747. The molecule has 0 unspecified atom stereocenters. The number of rotatable bonds is 4. The van der Waals surface area contributed by atoms with Crippen molar-refractivity contribution in [1.82, 2.24) is 9.17 Å². The van der Waals surface area contributed by atoms with E-state index in [9.17, 15) is 9.59 Å². The molecule has 25 heavy (non-hydrogen) atoms. The molecule has 1 heterocycles. The molecule has 2 N–H and O–H groups in total. The Morgan fingerprint density at radius 2 is 1.80 bits per heavy atom. The summed E-state index contributed by atoms with van der Waals surface area (Å²) in [4.78, 5) is 27.9. The molecular weight excluding hydrogens is 340 g/mol. The molecule has 0 saturated carbocycles. The van der Waals surface area contributed by atoms with Gasteiger partial charge in [0.15, 0.2) is 10.4 Å². The van der Waals surface area contributed by atoms with Crippen LogP contribution in [0.5, 0.6) is 5.75 Å². The van der Waals surface area contributed by atoms with Gasteiger partial charge in [0.1, 0.15) is 5.75 Å². The molecule has 1 aromatic heterocycles. The first-order valence-corrected chi connectivity index (χ1v) is 8.05. The van der Waals surface area contributed by atoms with Gasteiger partial charge in [0.05, 0.1) is 12.8 Å². The molecule has 0 bridgehead atoms. The van der Waals surface area contributed by atoms with Gasteiger partial charge in [0.25, 0.3) is 11.8 Å². The summed E-state index contributed by atoms with van der Waals surface area (Å²) in [6.07, 6.45) is 0. The van der Waals surface area contributed by atoms with Crippen molar-refractivity contribution in [3.8, 4) is 11.4 Å². The zero-order valence-electron chi connectivity index (χ0n) is 13.2. The molecule has 0 aliphatic rings. The Labute approximate surface area is 147 Å². The van der Waals surface area contributed by atoms with Crippen LogP contribution in [0.25, 0.3) is 5.69 Å². The van der Waals surface area contributed by atoms with E-state index < -0.39 is 11.8 Å². The number of carbonyl (C=O) groups is 2. The van der Waals surface area contributed by atoms with E-state index in [-0.39, 0.29) is 10.4 Å². The summed E-state index contributed by atoms with van der Waals surface area (Å²) in [5.74, 6) is -0.517. The third-order valence-corrected chi connectivity index (χ3v) is 4.24. The standard InChI is InChI=1S/C17H14N4O3S/c1-24-13-9-7-12(8-10-13)21-20-14(15(18)22)17(25-21)19-16(23)11-5-3-2-4-6-11/h2-10H,1H3,(H2,18,22). The number of ether oxygens (including phenoxy) is 1. The number of nitrogens with zero attached hydrogens (tertiary/aromatic N) is 3. The first-order valence-electron chi connectivity index (χ1n) is 7.27. The summed E-state index contributed by atoms with van der Waals surface area (Å²) in [6.45, 7) is 0. The Kier molecular flexibility index (Phi) is 4.71. The van der Waals surface area contributed by atoms with Crippen molar-refractivity contribution >= 4 is 23.3 Å². The molecule has 0 aliphatic heterocycles. The van der Waals surface area contributed by atoms with Crippen LogP contribution in [-0.2, 0) is 0 Å². The lowest BCUT2D eigenvalue weighted by molar-refractivity contribution is 0.0994. The number of benzene rings is 2. The van der Waals surface area contributed by atoms with Crippen molar-refractivity contribution in [3.63, 3.8) is 0 Å². The van der Waals surface area contributed by atoms with E-state index in [2.05, 4.69) is 10.1 Å². The van der Waals surface area contributed by atoms with E-state index in [0.717, 1.165) is 11.5 Å². The first-order chi connectivity index (χ1) is 12.1. The number of nitrogens with two attached hydrogens (primary N) is 1. The fraction of sp³-hybridized carbons (Fsp3) is 0.0588. The highest BCUT2D eigenvalue weighted by atomic mass is 32.1. The predicted octanol–water partition coefficient (Wildman–Crippen LogP) is 1.78. The average Bonchev–Trinajstić information content (AvgIpc) is 3.06. The zero-order chi connectivity index (χ0) is 17.8. The topological polar surface area (TPSA) is 99.6 Å². The van der Waals surface area contributed by atoms with Gasteiger partial charge in [0, 0.05) is 5.56 Å². The highest BCUT2D eigenvalue weighted by molar-refractivity contribution is 7.04. The van der Waals surface area contributed by atoms with Crippen LogP contribution in [0.15, 0.2) is 59.6 Å². The maximum absolute atomic E-state index is 12.3. The van der Waals surface area contributed by atoms with E-state index in [1.165, 1.54) is 4.07 Å². The molecule has 3 rings (SSSR count). The van der Waals surface area contributed by atoms with Crippen LogP contribution in [0.1, 0.15) is 20.8 Å². The lowest BCUT2D eigenvalue weighted by atomic mass is 10.2. The van der Waals surface area contributed by atoms with Gasteiger partial charge in [-0.25, -0.2) is 0 Å². The number of carbonyl (C=O) groups excluding carboxylic acids is 2. The summed E-state index contributed by atoms with van der Waals surface area (Å²) >= 11 is 1.05. The molecule has 126 valence electrons. The number of primary amides is 1. The van der Waals surface area contributed by atoms with Gasteiger partial charge in [-0.1, -0.05) is 18.2 Å². The van der Waals surface area contributed by atoms with Crippen molar-refractivity contribution in [1.29, 1.82) is 0 Å². The minimum absolute atomic E-state index is 0.0508. The monoisotopic (exact) mass is 354 g/mol. The summed E-state index contributed by atoms with van der Waals surface area (Å²) in [5, 5.41) is 4.16. The van der Waals surface area contributed by atoms with Crippen LogP contribution in [0.4, 0.5) is 0 Å². The molecular formula is C17H14N4O3S. The second-order valence-electron chi connectivity index (χ2n) is 4.96. The molecule has 7 nitrogen and oxygen atoms in total. The van der Waals surface area contributed by atoms with Gasteiger partial charge in [-0.15, -0.1) is 5.10 Å². The Bertz CT molecular complexity index is 975. The van der Waals surface area contributed by atoms with Crippen molar-refractivity contribution in [2.24, 2.45) is 10.7 Å². The molecule has 0 saturated heterocycles. The predicted molar refractivity (Wildman–Crippen MR) is 92.8 cm³/mol. The molecule has 0 radical (unpaired) electrons. The number of hydrogen-bond acceptors (Lipinski definition) is 5. The van der Waals surface area contributed by atoms with Gasteiger partial charge in [-0.3, -0.25) is 9.59 Å². The largest absolute Gasteiger partial charge is 0.497 e. The lowest BCUT2D eigenvalue weighted by Gasteiger charge is -2.01. The van der Waals surface area contributed by atoms with Gasteiger partial charge in [0.2, 0.25) is 0 Å². The SMILES string of the molecule is COc1ccc(-n2nc(C(N)=O)c(=NC(=O)c3ccccc3)s2)cc1. The van der Waals surface area contributed by atoms with E-state index in [0.29, 0.717) is 17.0 Å². The fourth-order valence-corrected chi connectivity index (χ4v) is 2.93. The highest BCUT2D eigenvalue weighted by Gasteiger charge is 2.14. The molecule has 0 atom stereocenters. The number of methoxy groups -OCH3 is 1. The van der Waals surface area contributed by atoms with Crippen LogP contribution in [0, 0.1) is 0 Å².